The van der Waals surface area contributed by atoms with E-state index in [0.717, 1.165) is 30.6 Å². The molecule has 0 aliphatic carbocycles. The topological polar surface area (TPSA) is 61.9 Å². The van der Waals surface area contributed by atoms with E-state index >= 15 is 0 Å². The highest BCUT2D eigenvalue weighted by atomic mass is 16.5. The first-order valence-electron chi connectivity index (χ1n) is 10.9. The number of carbonyl (C=O) groups excluding carboxylic acids is 2. The number of nitrogens with one attached hydrogen (secondary N) is 1. The molecule has 3 atom stereocenters. The van der Waals surface area contributed by atoms with Gasteiger partial charge in [0, 0.05) is 19.5 Å². The van der Waals surface area contributed by atoms with E-state index in [2.05, 4.69) is 11.4 Å². The van der Waals surface area contributed by atoms with Crippen LogP contribution in [0.1, 0.15) is 46.9 Å². The molecule has 6 rings (SSSR count). The maximum Gasteiger partial charge on any atom is 0.256 e. The van der Waals surface area contributed by atoms with Crippen LogP contribution in [-0.2, 0) is 16.0 Å². The van der Waals surface area contributed by atoms with Gasteiger partial charge in [0.1, 0.15) is 6.10 Å². The van der Waals surface area contributed by atoms with Crippen LogP contribution in [0.15, 0.2) is 48.5 Å². The number of ether oxygens (including phenoxy) is 1. The van der Waals surface area contributed by atoms with E-state index in [1.807, 2.05) is 52.3 Å². The van der Waals surface area contributed by atoms with Gasteiger partial charge in [-0.2, -0.15) is 0 Å². The lowest BCUT2D eigenvalue weighted by Gasteiger charge is -2.32. The number of hydrogen-bond donors (Lipinski definition) is 1. The third kappa shape index (κ3) is 2.46. The van der Waals surface area contributed by atoms with Crippen molar-refractivity contribution in [2.24, 2.45) is 0 Å². The van der Waals surface area contributed by atoms with E-state index in [4.69, 9.17) is 4.74 Å². The normalized spacial score (nSPS) is 29.4. The van der Waals surface area contributed by atoms with Crippen molar-refractivity contribution >= 4 is 17.5 Å². The minimum Gasteiger partial charge on any atom is -0.384 e. The third-order valence-electron chi connectivity index (χ3n) is 7.17. The largest absolute Gasteiger partial charge is 0.384 e. The molecule has 0 radical (unpaired) electrons. The minimum atomic E-state index is -0.685. The first-order chi connectivity index (χ1) is 14.7. The van der Waals surface area contributed by atoms with E-state index < -0.39 is 5.72 Å². The van der Waals surface area contributed by atoms with Gasteiger partial charge in [-0.05, 0) is 30.0 Å². The molecule has 30 heavy (non-hydrogen) atoms. The summed E-state index contributed by atoms with van der Waals surface area (Å²) < 4.78 is 6.58. The summed E-state index contributed by atoms with van der Waals surface area (Å²) in [6.07, 6.45) is 2.94. The molecule has 3 fully saturated rings. The molecule has 1 spiro atoms. The molecule has 154 valence electrons. The van der Waals surface area contributed by atoms with Gasteiger partial charge in [-0.3, -0.25) is 9.59 Å². The fourth-order valence-corrected chi connectivity index (χ4v) is 5.75. The van der Waals surface area contributed by atoms with Crippen LogP contribution in [-0.4, -0.2) is 53.0 Å². The number of carbonyl (C=O) groups is 2. The van der Waals surface area contributed by atoms with E-state index in [1.165, 1.54) is 5.56 Å². The van der Waals surface area contributed by atoms with Gasteiger partial charge in [0.15, 0.2) is 5.72 Å². The first-order valence-corrected chi connectivity index (χ1v) is 10.9. The molecule has 4 aliphatic rings. The Balaban J connectivity index is 1.32. The molecule has 1 N–H and O–H groups in total. The van der Waals surface area contributed by atoms with Gasteiger partial charge in [0.05, 0.1) is 30.3 Å². The zero-order valence-electron chi connectivity index (χ0n) is 16.8. The van der Waals surface area contributed by atoms with Gasteiger partial charge in [0.2, 0.25) is 5.91 Å². The van der Waals surface area contributed by atoms with Gasteiger partial charge < -0.3 is 19.9 Å². The first kappa shape index (κ1) is 18.0. The molecule has 2 aromatic rings. The number of fused-ring (bicyclic) bond motifs is 1. The number of aryl methyl sites for hydroxylation is 1. The van der Waals surface area contributed by atoms with Crippen molar-refractivity contribution in [3.8, 4) is 0 Å². The molecule has 6 heteroatoms. The standard InChI is InChI=1S/C24H25N3O3/c28-21-14-20-24(27(21)15-19(30-24)16-6-2-1-3-7-16)11-13-26(20)23(29)18-10-4-8-17-9-5-12-25-22(17)18/h1-4,6-8,10,19-20,25H,5,9,11-15H2/t19-,20+,24-/m0/s1. The highest BCUT2D eigenvalue weighted by molar-refractivity contribution is 6.01. The summed E-state index contributed by atoms with van der Waals surface area (Å²) in [5.74, 6) is 0.0914. The monoisotopic (exact) mass is 403 g/mol. The van der Waals surface area contributed by atoms with E-state index in [1.54, 1.807) is 0 Å². The van der Waals surface area contributed by atoms with Gasteiger partial charge in [-0.1, -0.05) is 42.5 Å². The number of para-hydroxylation sites is 1. The summed E-state index contributed by atoms with van der Waals surface area (Å²) in [7, 11) is 0. The average Bonchev–Trinajstić information content (AvgIpc) is 3.42. The highest BCUT2D eigenvalue weighted by Crippen LogP contribution is 2.51. The zero-order chi connectivity index (χ0) is 20.3. The van der Waals surface area contributed by atoms with Crippen molar-refractivity contribution in [3.05, 3.63) is 65.2 Å². The van der Waals surface area contributed by atoms with Crippen LogP contribution in [0.5, 0.6) is 0 Å². The SMILES string of the molecule is O=C(c1cccc2c1NCCC2)N1CC[C@@]23O[C@H](c4ccccc4)CN2C(=O)C[C@@H]13. The second-order valence-electron chi connectivity index (χ2n) is 8.70. The smallest absolute Gasteiger partial charge is 0.256 e. The Morgan fingerprint density at radius 3 is 2.87 bits per heavy atom. The maximum absolute atomic E-state index is 13.6. The fraction of sp³-hybridized carbons (Fsp3) is 0.417. The van der Waals surface area contributed by atoms with Crippen LogP contribution < -0.4 is 5.32 Å². The van der Waals surface area contributed by atoms with Crippen molar-refractivity contribution in [1.82, 2.24) is 9.80 Å². The molecule has 2 amide bonds. The van der Waals surface area contributed by atoms with Crippen LogP contribution in [0, 0.1) is 0 Å². The third-order valence-corrected chi connectivity index (χ3v) is 7.17. The second kappa shape index (κ2) is 6.57. The van der Waals surface area contributed by atoms with Crippen molar-refractivity contribution in [2.75, 3.05) is 25.0 Å². The predicted octanol–water partition coefficient (Wildman–Crippen LogP) is 2.96. The van der Waals surface area contributed by atoms with Crippen molar-refractivity contribution < 1.29 is 14.3 Å². The van der Waals surface area contributed by atoms with Crippen LogP contribution in [0.2, 0.25) is 0 Å². The molecule has 0 aromatic heterocycles. The van der Waals surface area contributed by atoms with Crippen molar-refractivity contribution in [3.63, 3.8) is 0 Å². The zero-order valence-corrected chi connectivity index (χ0v) is 16.8. The highest BCUT2D eigenvalue weighted by Gasteiger charge is 2.65. The van der Waals surface area contributed by atoms with E-state index in [0.29, 0.717) is 31.5 Å². The van der Waals surface area contributed by atoms with Crippen LogP contribution in [0.3, 0.4) is 0 Å². The lowest BCUT2D eigenvalue weighted by molar-refractivity contribution is -0.138. The Hall–Kier alpha value is -2.86. The second-order valence-corrected chi connectivity index (χ2v) is 8.70. The minimum absolute atomic E-state index is 0.00420. The predicted molar refractivity (Wildman–Crippen MR) is 112 cm³/mol. The Labute approximate surface area is 175 Å². The Morgan fingerprint density at radius 2 is 2.00 bits per heavy atom. The van der Waals surface area contributed by atoms with Crippen molar-refractivity contribution in [1.29, 1.82) is 0 Å². The summed E-state index contributed by atoms with van der Waals surface area (Å²) in [6.45, 7) is 2.06. The molecular formula is C24H25N3O3. The summed E-state index contributed by atoms with van der Waals surface area (Å²) in [5, 5.41) is 3.42. The molecule has 4 heterocycles. The van der Waals surface area contributed by atoms with Gasteiger partial charge in [0.25, 0.3) is 5.91 Å². The lowest BCUT2D eigenvalue weighted by atomic mass is 9.98. The van der Waals surface area contributed by atoms with Gasteiger partial charge in [-0.15, -0.1) is 0 Å². The molecule has 3 saturated heterocycles. The number of benzene rings is 2. The number of nitrogens with zero attached hydrogens (tertiary/aromatic N) is 2. The number of hydrogen-bond acceptors (Lipinski definition) is 4. The van der Waals surface area contributed by atoms with E-state index in [9.17, 15) is 9.59 Å². The molecule has 2 aromatic carbocycles. The summed E-state index contributed by atoms with van der Waals surface area (Å²) in [4.78, 5) is 30.3. The Kier molecular flexibility index (Phi) is 3.93. The number of likely N-dealkylation sites (tertiary alicyclic amines) is 1. The lowest BCUT2D eigenvalue weighted by Crippen LogP contribution is -2.48. The summed E-state index contributed by atoms with van der Waals surface area (Å²) in [6, 6.07) is 15.8. The summed E-state index contributed by atoms with van der Waals surface area (Å²) in [5.41, 5.74) is 3.28. The Morgan fingerprint density at radius 1 is 1.13 bits per heavy atom. The summed E-state index contributed by atoms with van der Waals surface area (Å²) >= 11 is 0. The molecule has 0 saturated carbocycles. The van der Waals surface area contributed by atoms with Crippen LogP contribution in [0.4, 0.5) is 5.69 Å². The maximum atomic E-state index is 13.6. The number of anilines is 1. The van der Waals surface area contributed by atoms with E-state index in [-0.39, 0.29) is 24.0 Å². The molecule has 0 bridgehead atoms. The van der Waals surface area contributed by atoms with Crippen LogP contribution >= 0.6 is 0 Å². The number of amides is 2. The van der Waals surface area contributed by atoms with Crippen molar-refractivity contribution in [2.45, 2.75) is 43.6 Å². The molecule has 6 nitrogen and oxygen atoms in total. The van der Waals surface area contributed by atoms with Gasteiger partial charge >= 0.3 is 0 Å². The van der Waals surface area contributed by atoms with Crippen LogP contribution in [0.25, 0.3) is 0 Å². The quantitative estimate of drug-likeness (QED) is 0.838. The average molecular weight is 403 g/mol. The number of rotatable bonds is 2. The Bertz CT molecular complexity index is 1020. The molecular weight excluding hydrogens is 378 g/mol. The molecule has 0 unspecified atom stereocenters. The van der Waals surface area contributed by atoms with Gasteiger partial charge in [-0.25, -0.2) is 0 Å². The fourth-order valence-electron chi connectivity index (χ4n) is 5.75. The molecule has 4 aliphatic heterocycles.